The molecule has 0 spiro atoms. The summed E-state index contributed by atoms with van der Waals surface area (Å²) in [4.78, 5) is 11.8. The Bertz CT molecular complexity index is 418. The van der Waals surface area contributed by atoms with Gasteiger partial charge in [-0.15, -0.1) is 0 Å². The summed E-state index contributed by atoms with van der Waals surface area (Å²) in [5, 5.41) is 11.7. The molecule has 0 aromatic heterocycles. The standard InChI is InChI=1S/C14H18N2O/c1-11(9-12-7-5-4-6-8-12)16-13(17)14(2,3)10-15/h4-8,11H,9H2,1-3H3,(H,16,17). The third kappa shape index (κ3) is 3.92. The number of nitrogens with one attached hydrogen (secondary N) is 1. The van der Waals surface area contributed by atoms with Gasteiger partial charge in [0.05, 0.1) is 6.07 Å². The number of hydrogen-bond acceptors (Lipinski definition) is 2. The maximum Gasteiger partial charge on any atom is 0.240 e. The van der Waals surface area contributed by atoms with Crippen molar-refractivity contribution >= 4 is 5.91 Å². The van der Waals surface area contributed by atoms with E-state index >= 15 is 0 Å². The van der Waals surface area contributed by atoms with E-state index in [4.69, 9.17) is 5.26 Å². The van der Waals surface area contributed by atoms with Crippen LogP contribution in [0.5, 0.6) is 0 Å². The smallest absolute Gasteiger partial charge is 0.240 e. The van der Waals surface area contributed by atoms with Crippen LogP contribution in [-0.4, -0.2) is 11.9 Å². The maximum atomic E-state index is 11.8. The summed E-state index contributed by atoms with van der Waals surface area (Å²) in [5.74, 6) is -0.219. The minimum Gasteiger partial charge on any atom is -0.352 e. The third-order valence-corrected chi connectivity index (χ3v) is 2.61. The van der Waals surface area contributed by atoms with Crippen LogP contribution in [0.25, 0.3) is 0 Å². The van der Waals surface area contributed by atoms with Crippen LogP contribution < -0.4 is 5.32 Å². The fourth-order valence-electron chi connectivity index (χ4n) is 1.47. The number of benzene rings is 1. The van der Waals surface area contributed by atoms with Crippen molar-refractivity contribution in [1.82, 2.24) is 5.32 Å². The number of hydrogen-bond donors (Lipinski definition) is 1. The third-order valence-electron chi connectivity index (χ3n) is 2.61. The van der Waals surface area contributed by atoms with Crippen molar-refractivity contribution in [3.8, 4) is 6.07 Å². The Morgan fingerprint density at radius 2 is 2.00 bits per heavy atom. The molecule has 0 fully saturated rings. The van der Waals surface area contributed by atoms with Crippen molar-refractivity contribution in [3.05, 3.63) is 35.9 Å². The van der Waals surface area contributed by atoms with Crippen LogP contribution in [0.3, 0.4) is 0 Å². The summed E-state index contributed by atoms with van der Waals surface area (Å²) in [6, 6.07) is 12.0. The predicted molar refractivity (Wildman–Crippen MR) is 67.1 cm³/mol. The van der Waals surface area contributed by atoms with Gasteiger partial charge in [0.25, 0.3) is 0 Å². The fourth-order valence-corrected chi connectivity index (χ4v) is 1.47. The predicted octanol–water partition coefficient (Wildman–Crippen LogP) is 2.28. The molecule has 0 radical (unpaired) electrons. The minimum absolute atomic E-state index is 0.0255. The molecule has 0 saturated heterocycles. The second-order valence-corrected chi connectivity index (χ2v) is 4.80. The van der Waals surface area contributed by atoms with Crippen LogP contribution >= 0.6 is 0 Å². The lowest BCUT2D eigenvalue weighted by molar-refractivity contribution is -0.127. The SMILES string of the molecule is CC(Cc1ccccc1)NC(=O)C(C)(C)C#N. The van der Waals surface area contributed by atoms with Crippen LogP contribution in [0.4, 0.5) is 0 Å². The normalized spacial score (nSPS) is 12.6. The van der Waals surface area contributed by atoms with E-state index in [9.17, 15) is 4.79 Å². The molecule has 1 N–H and O–H groups in total. The van der Waals surface area contributed by atoms with Gasteiger partial charge in [0.2, 0.25) is 5.91 Å². The molecular weight excluding hydrogens is 212 g/mol. The molecule has 3 nitrogen and oxygen atoms in total. The highest BCUT2D eigenvalue weighted by molar-refractivity contribution is 5.84. The molecule has 0 aliphatic rings. The average molecular weight is 230 g/mol. The van der Waals surface area contributed by atoms with E-state index in [1.807, 2.05) is 43.3 Å². The second kappa shape index (κ2) is 5.49. The second-order valence-electron chi connectivity index (χ2n) is 4.80. The van der Waals surface area contributed by atoms with E-state index < -0.39 is 5.41 Å². The van der Waals surface area contributed by atoms with Gasteiger partial charge in [0.15, 0.2) is 0 Å². The van der Waals surface area contributed by atoms with Crippen molar-refractivity contribution in [2.45, 2.75) is 33.2 Å². The summed E-state index contributed by atoms with van der Waals surface area (Å²) in [6.07, 6.45) is 0.772. The number of rotatable bonds is 4. The highest BCUT2D eigenvalue weighted by Gasteiger charge is 2.27. The number of carbonyl (C=O) groups is 1. The zero-order valence-corrected chi connectivity index (χ0v) is 10.5. The van der Waals surface area contributed by atoms with Crippen molar-refractivity contribution in [3.63, 3.8) is 0 Å². The van der Waals surface area contributed by atoms with Gasteiger partial charge in [0.1, 0.15) is 5.41 Å². The quantitative estimate of drug-likeness (QED) is 0.862. The van der Waals surface area contributed by atoms with Gasteiger partial charge in [-0.2, -0.15) is 5.26 Å². The highest BCUT2D eigenvalue weighted by atomic mass is 16.2. The Kier molecular flexibility index (Phi) is 4.28. The fraction of sp³-hybridized carbons (Fsp3) is 0.429. The Labute approximate surface area is 102 Å². The first-order chi connectivity index (χ1) is 7.95. The van der Waals surface area contributed by atoms with Crippen molar-refractivity contribution in [1.29, 1.82) is 5.26 Å². The van der Waals surface area contributed by atoms with E-state index in [1.54, 1.807) is 13.8 Å². The van der Waals surface area contributed by atoms with E-state index in [-0.39, 0.29) is 11.9 Å². The van der Waals surface area contributed by atoms with Crippen molar-refractivity contribution in [2.75, 3.05) is 0 Å². The van der Waals surface area contributed by atoms with E-state index in [0.29, 0.717) is 0 Å². The summed E-state index contributed by atoms with van der Waals surface area (Å²) in [7, 11) is 0. The molecule has 0 bridgehead atoms. The summed E-state index contributed by atoms with van der Waals surface area (Å²) in [6.45, 7) is 5.19. The van der Waals surface area contributed by atoms with Crippen LogP contribution in [-0.2, 0) is 11.2 Å². The number of nitrogens with zero attached hydrogens (tertiary/aromatic N) is 1. The first-order valence-corrected chi connectivity index (χ1v) is 5.72. The van der Waals surface area contributed by atoms with Gasteiger partial charge in [-0.3, -0.25) is 4.79 Å². The first kappa shape index (κ1) is 13.2. The molecule has 1 amide bonds. The Morgan fingerprint density at radius 3 is 2.53 bits per heavy atom. The zero-order chi connectivity index (χ0) is 12.9. The van der Waals surface area contributed by atoms with Gasteiger partial charge < -0.3 is 5.32 Å². The Balaban J connectivity index is 2.54. The molecule has 1 atom stereocenters. The van der Waals surface area contributed by atoms with Gasteiger partial charge in [-0.25, -0.2) is 0 Å². The van der Waals surface area contributed by atoms with E-state index in [0.717, 1.165) is 6.42 Å². The van der Waals surface area contributed by atoms with Crippen LogP contribution in [0.15, 0.2) is 30.3 Å². The Hall–Kier alpha value is -1.82. The van der Waals surface area contributed by atoms with Crippen LogP contribution in [0, 0.1) is 16.7 Å². The number of nitriles is 1. The van der Waals surface area contributed by atoms with Gasteiger partial charge in [-0.1, -0.05) is 30.3 Å². The molecule has 0 aliphatic carbocycles. The lowest BCUT2D eigenvalue weighted by Gasteiger charge is -2.19. The summed E-state index contributed by atoms with van der Waals surface area (Å²) >= 11 is 0. The van der Waals surface area contributed by atoms with Gasteiger partial charge in [0, 0.05) is 6.04 Å². The molecular formula is C14H18N2O. The monoisotopic (exact) mass is 230 g/mol. The molecule has 90 valence electrons. The molecule has 17 heavy (non-hydrogen) atoms. The largest absolute Gasteiger partial charge is 0.352 e. The van der Waals surface area contributed by atoms with Crippen molar-refractivity contribution < 1.29 is 4.79 Å². The Morgan fingerprint density at radius 1 is 1.41 bits per heavy atom. The van der Waals surface area contributed by atoms with Gasteiger partial charge >= 0.3 is 0 Å². The molecule has 3 heteroatoms. The maximum absolute atomic E-state index is 11.8. The van der Waals surface area contributed by atoms with Crippen LogP contribution in [0.2, 0.25) is 0 Å². The summed E-state index contributed by atoms with van der Waals surface area (Å²) < 4.78 is 0. The minimum atomic E-state index is -0.967. The van der Waals surface area contributed by atoms with Crippen LogP contribution in [0.1, 0.15) is 26.3 Å². The summed E-state index contributed by atoms with van der Waals surface area (Å²) in [5.41, 5.74) is 0.209. The number of carbonyl (C=O) groups excluding carboxylic acids is 1. The molecule has 1 aromatic carbocycles. The highest BCUT2D eigenvalue weighted by Crippen LogP contribution is 2.13. The lowest BCUT2D eigenvalue weighted by atomic mass is 9.94. The average Bonchev–Trinajstić information content (AvgIpc) is 2.30. The zero-order valence-electron chi connectivity index (χ0n) is 10.5. The number of amides is 1. The molecule has 1 rings (SSSR count). The molecule has 0 heterocycles. The molecule has 0 aliphatic heterocycles. The van der Waals surface area contributed by atoms with Gasteiger partial charge in [-0.05, 0) is 32.8 Å². The topological polar surface area (TPSA) is 52.9 Å². The lowest BCUT2D eigenvalue weighted by Crippen LogP contribution is -2.41. The van der Waals surface area contributed by atoms with E-state index in [2.05, 4.69) is 5.32 Å². The molecule has 1 aromatic rings. The van der Waals surface area contributed by atoms with Crippen molar-refractivity contribution in [2.24, 2.45) is 5.41 Å². The van der Waals surface area contributed by atoms with E-state index in [1.165, 1.54) is 5.56 Å². The molecule has 1 unspecified atom stereocenters. The first-order valence-electron chi connectivity index (χ1n) is 5.72. The molecule has 0 saturated carbocycles.